The number of methoxy groups -OCH3 is 1. The van der Waals surface area contributed by atoms with Crippen molar-refractivity contribution in [3.8, 4) is 11.3 Å². The monoisotopic (exact) mass is 637 g/mol. The molecule has 2 heterocycles. The van der Waals surface area contributed by atoms with Gasteiger partial charge in [0.2, 0.25) is 11.9 Å². The van der Waals surface area contributed by atoms with Crippen molar-refractivity contribution in [2.24, 2.45) is 13.0 Å². The molecule has 12 heteroatoms. The minimum atomic E-state index is -0.316. The number of hydrogen-bond donors (Lipinski definition) is 2. The van der Waals surface area contributed by atoms with Crippen LogP contribution in [0.1, 0.15) is 69.0 Å². The zero-order valence-electron chi connectivity index (χ0n) is 26.2. The van der Waals surface area contributed by atoms with Gasteiger partial charge in [0.15, 0.2) is 0 Å². The Balaban J connectivity index is 1.16. The van der Waals surface area contributed by atoms with E-state index in [9.17, 15) is 9.59 Å². The van der Waals surface area contributed by atoms with Crippen molar-refractivity contribution < 1.29 is 19.1 Å². The summed E-state index contributed by atoms with van der Waals surface area (Å²) in [5.41, 5.74) is 3.89. The van der Waals surface area contributed by atoms with Crippen molar-refractivity contribution in [2.75, 3.05) is 25.8 Å². The van der Waals surface area contributed by atoms with Gasteiger partial charge in [-0.1, -0.05) is 41.9 Å². The Morgan fingerprint density at radius 2 is 1.84 bits per heavy atom. The molecule has 45 heavy (non-hydrogen) atoms. The van der Waals surface area contributed by atoms with Crippen LogP contribution in [0.25, 0.3) is 11.3 Å². The first-order valence-electron chi connectivity index (χ1n) is 15.9. The molecule has 242 valence electrons. The Hall–Kier alpha value is -3.70. The number of rotatable bonds is 15. The van der Waals surface area contributed by atoms with Gasteiger partial charge >= 0.3 is 6.09 Å². The number of aromatic nitrogens is 4. The first-order valence-corrected chi connectivity index (χ1v) is 16.3. The van der Waals surface area contributed by atoms with Crippen LogP contribution in [0.2, 0.25) is 5.02 Å². The van der Waals surface area contributed by atoms with E-state index < -0.39 is 0 Å². The van der Waals surface area contributed by atoms with Gasteiger partial charge in [-0.15, -0.1) is 0 Å². The number of carbonyl (C=O) groups excluding carboxylic acids is 2. The number of hydrogen-bond acceptors (Lipinski definition) is 8. The molecular weight excluding hydrogens is 594 g/mol. The van der Waals surface area contributed by atoms with E-state index in [2.05, 4.69) is 20.7 Å². The Morgan fingerprint density at radius 3 is 2.58 bits per heavy atom. The summed E-state index contributed by atoms with van der Waals surface area (Å²) >= 11 is 6.58. The summed E-state index contributed by atoms with van der Waals surface area (Å²) in [6.45, 7) is 0.953. The predicted molar refractivity (Wildman–Crippen MR) is 173 cm³/mol. The zero-order valence-corrected chi connectivity index (χ0v) is 27.0. The van der Waals surface area contributed by atoms with Gasteiger partial charge in [0.05, 0.1) is 29.7 Å². The SMILES string of the molecule is COCNC(=O)CCCCOC(=O)N(Cc1ccccc1)C1CCC(Nc2ncc(Cl)c(-c3cnn(C)c3CC3CC3)n2)CC1. The van der Waals surface area contributed by atoms with Crippen LogP contribution in [0.4, 0.5) is 10.7 Å². The number of nitrogens with one attached hydrogen (secondary N) is 2. The van der Waals surface area contributed by atoms with Crippen LogP contribution in [0, 0.1) is 5.92 Å². The van der Waals surface area contributed by atoms with E-state index in [-0.39, 0.29) is 37.4 Å². The number of unbranched alkanes of at least 4 members (excludes halogenated alkanes) is 1. The third-order valence-corrected chi connectivity index (χ3v) is 8.85. The highest BCUT2D eigenvalue weighted by atomic mass is 35.5. The lowest BCUT2D eigenvalue weighted by Crippen LogP contribution is -2.44. The van der Waals surface area contributed by atoms with Crippen molar-refractivity contribution in [2.45, 2.75) is 82.8 Å². The fourth-order valence-electron chi connectivity index (χ4n) is 5.83. The molecule has 0 unspecified atom stereocenters. The van der Waals surface area contributed by atoms with E-state index in [0.29, 0.717) is 48.4 Å². The average Bonchev–Trinajstić information content (AvgIpc) is 3.81. The number of amides is 2. The lowest BCUT2D eigenvalue weighted by Gasteiger charge is -2.36. The molecule has 0 radical (unpaired) electrons. The van der Waals surface area contributed by atoms with Crippen molar-refractivity contribution in [3.63, 3.8) is 0 Å². The molecule has 2 fully saturated rings. The summed E-state index contributed by atoms with van der Waals surface area (Å²) in [6, 6.07) is 10.2. The third kappa shape index (κ3) is 9.40. The quantitative estimate of drug-likeness (QED) is 0.160. The Bertz CT molecular complexity index is 1410. The average molecular weight is 638 g/mol. The highest BCUT2D eigenvalue weighted by Gasteiger charge is 2.31. The molecule has 0 aliphatic heterocycles. The van der Waals surface area contributed by atoms with Crippen LogP contribution in [0.3, 0.4) is 0 Å². The predicted octanol–water partition coefficient (Wildman–Crippen LogP) is 5.74. The molecule has 2 aliphatic rings. The molecule has 2 aromatic heterocycles. The van der Waals surface area contributed by atoms with Gasteiger partial charge in [-0.05, 0) is 69.3 Å². The molecule has 0 bridgehead atoms. The van der Waals surface area contributed by atoms with Crippen molar-refractivity contribution in [1.29, 1.82) is 0 Å². The Morgan fingerprint density at radius 1 is 1.07 bits per heavy atom. The maximum Gasteiger partial charge on any atom is 0.410 e. The number of anilines is 1. The molecule has 2 aliphatic carbocycles. The van der Waals surface area contributed by atoms with Crippen molar-refractivity contribution >= 4 is 29.5 Å². The molecule has 0 saturated heterocycles. The fraction of sp³-hybridized carbons (Fsp3) is 0.545. The molecule has 1 aromatic carbocycles. The molecule has 2 saturated carbocycles. The van der Waals surface area contributed by atoms with Gasteiger partial charge in [-0.25, -0.2) is 14.8 Å². The molecule has 3 aromatic rings. The summed E-state index contributed by atoms with van der Waals surface area (Å²) in [5.74, 6) is 1.19. The normalized spacial score (nSPS) is 17.9. The minimum absolute atomic E-state index is 0.0534. The summed E-state index contributed by atoms with van der Waals surface area (Å²) in [5, 5.41) is 11.2. The largest absolute Gasteiger partial charge is 0.449 e. The Labute approximate surface area is 270 Å². The van der Waals surface area contributed by atoms with E-state index >= 15 is 0 Å². The maximum absolute atomic E-state index is 13.3. The van der Waals surface area contributed by atoms with Crippen LogP contribution in [-0.2, 0) is 34.3 Å². The van der Waals surface area contributed by atoms with Gasteiger partial charge in [-0.3, -0.25) is 9.48 Å². The second-order valence-corrected chi connectivity index (χ2v) is 12.4. The van der Waals surface area contributed by atoms with Crippen LogP contribution in [0.5, 0.6) is 0 Å². The first-order chi connectivity index (χ1) is 21.9. The van der Waals surface area contributed by atoms with E-state index in [1.165, 1.54) is 20.0 Å². The molecule has 0 atom stereocenters. The van der Waals surface area contributed by atoms with Gasteiger partial charge in [0, 0.05) is 50.5 Å². The number of halogens is 1. The number of nitrogens with zero attached hydrogens (tertiary/aromatic N) is 5. The smallest absolute Gasteiger partial charge is 0.410 e. The molecule has 2 N–H and O–H groups in total. The van der Waals surface area contributed by atoms with E-state index in [0.717, 1.165) is 48.9 Å². The molecule has 2 amide bonds. The fourth-order valence-corrected chi connectivity index (χ4v) is 6.02. The van der Waals surface area contributed by atoms with Crippen LogP contribution < -0.4 is 10.6 Å². The zero-order chi connectivity index (χ0) is 31.6. The lowest BCUT2D eigenvalue weighted by molar-refractivity contribution is -0.122. The molecule has 0 spiro atoms. The highest BCUT2D eigenvalue weighted by molar-refractivity contribution is 6.33. The van der Waals surface area contributed by atoms with Crippen molar-refractivity contribution in [3.05, 3.63) is 59.0 Å². The first kappa shape index (κ1) is 32.7. The van der Waals surface area contributed by atoms with Crippen LogP contribution >= 0.6 is 11.6 Å². The number of benzene rings is 1. The molecular formula is C33H44ClN7O4. The van der Waals surface area contributed by atoms with Crippen LogP contribution in [0.15, 0.2) is 42.7 Å². The number of carbonyl (C=O) groups is 2. The van der Waals surface area contributed by atoms with Gasteiger partial charge in [-0.2, -0.15) is 5.10 Å². The summed E-state index contributed by atoms with van der Waals surface area (Å²) in [7, 11) is 3.50. The van der Waals surface area contributed by atoms with E-state index in [1.807, 2.05) is 53.2 Å². The lowest BCUT2D eigenvalue weighted by atomic mass is 9.90. The van der Waals surface area contributed by atoms with Gasteiger partial charge < -0.3 is 25.0 Å². The summed E-state index contributed by atoms with van der Waals surface area (Å²) < 4.78 is 12.5. The van der Waals surface area contributed by atoms with Crippen molar-refractivity contribution in [1.82, 2.24) is 30.0 Å². The Kier molecular flexibility index (Phi) is 11.6. The van der Waals surface area contributed by atoms with Gasteiger partial charge in [0.25, 0.3) is 0 Å². The standard InChI is InChI=1S/C33H44ClN7O4/c1-40-29(18-23-11-12-23)27(19-37-40)31-28(34)20-35-32(39-31)38-25-13-15-26(16-14-25)41(21-24-8-4-3-5-9-24)33(43)45-17-7-6-10-30(42)36-22-44-2/h3-5,8-9,19-20,23,25-26H,6-7,10-18,21-22H2,1-2H3,(H,36,42)(H,35,38,39). The highest BCUT2D eigenvalue weighted by Crippen LogP contribution is 2.37. The van der Waals surface area contributed by atoms with Gasteiger partial charge in [0.1, 0.15) is 6.73 Å². The second-order valence-electron chi connectivity index (χ2n) is 12.0. The van der Waals surface area contributed by atoms with E-state index in [1.54, 1.807) is 6.20 Å². The summed E-state index contributed by atoms with van der Waals surface area (Å²) in [6.07, 6.45) is 11.7. The molecule has 11 nitrogen and oxygen atoms in total. The second kappa shape index (κ2) is 16.0. The molecule has 5 rings (SSSR count). The summed E-state index contributed by atoms with van der Waals surface area (Å²) in [4.78, 5) is 36.3. The minimum Gasteiger partial charge on any atom is -0.449 e. The number of aryl methyl sites for hydroxylation is 1. The third-order valence-electron chi connectivity index (χ3n) is 8.58. The maximum atomic E-state index is 13.3. The topological polar surface area (TPSA) is 123 Å². The van der Waals surface area contributed by atoms with Crippen LogP contribution in [-0.4, -0.2) is 69.2 Å². The van der Waals surface area contributed by atoms with E-state index in [4.69, 9.17) is 26.1 Å². The number of ether oxygens (including phenoxy) is 2.